The fraction of sp³-hybridized carbons (Fsp3) is 0.611. The summed E-state index contributed by atoms with van der Waals surface area (Å²) < 4.78 is 0. The molecule has 1 aliphatic heterocycles. The maximum atomic E-state index is 12.8. The number of carbonyl (C=O) groups is 2. The highest BCUT2D eigenvalue weighted by molar-refractivity contribution is 5.94. The van der Waals surface area contributed by atoms with Crippen molar-refractivity contribution in [2.45, 2.75) is 51.9 Å². The molecule has 124 valence electrons. The van der Waals surface area contributed by atoms with Crippen LogP contribution in [-0.2, 0) is 0 Å². The van der Waals surface area contributed by atoms with Gasteiger partial charge < -0.3 is 10.0 Å². The number of pyridine rings is 1. The SMILES string of the molecule is Cc1nc(C(=O)N2CCCC3(CCCCC3)C2)ccc1C(=O)O. The van der Waals surface area contributed by atoms with Crippen molar-refractivity contribution in [3.63, 3.8) is 0 Å². The smallest absolute Gasteiger partial charge is 0.337 e. The monoisotopic (exact) mass is 316 g/mol. The summed E-state index contributed by atoms with van der Waals surface area (Å²) in [4.78, 5) is 30.0. The van der Waals surface area contributed by atoms with Crippen molar-refractivity contribution in [1.82, 2.24) is 9.88 Å². The molecule has 0 atom stereocenters. The number of aromatic carboxylic acids is 1. The van der Waals surface area contributed by atoms with Crippen molar-refractivity contribution in [3.05, 3.63) is 29.1 Å². The van der Waals surface area contributed by atoms with Crippen LogP contribution in [0.2, 0.25) is 0 Å². The first-order valence-electron chi connectivity index (χ1n) is 8.51. The topological polar surface area (TPSA) is 70.5 Å². The number of amides is 1. The molecule has 5 nitrogen and oxygen atoms in total. The molecule has 1 amide bonds. The second-order valence-electron chi connectivity index (χ2n) is 7.03. The lowest BCUT2D eigenvalue weighted by Gasteiger charge is -2.45. The number of hydrogen-bond donors (Lipinski definition) is 1. The van der Waals surface area contributed by atoms with Gasteiger partial charge in [-0.1, -0.05) is 19.3 Å². The summed E-state index contributed by atoms with van der Waals surface area (Å²) in [7, 11) is 0. The summed E-state index contributed by atoms with van der Waals surface area (Å²) >= 11 is 0. The number of nitrogens with zero attached hydrogens (tertiary/aromatic N) is 2. The maximum Gasteiger partial charge on any atom is 0.337 e. The predicted octanol–water partition coefficient (Wildman–Crippen LogP) is 3.27. The van der Waals surface area contributed by atoms with Gasteiger partial charge >= 0.3 is 5.97 Å². The van der Waals surface area contributed by atoms with E-state index < -0.39 is 5.97 Å². The fourth-order valence-electron chi connectivity index (χ4n) is 4.16. The number of aryl methyl sites for hydroxylation is 1. The average Bonchev–Trinajstić information content (AvgIpc) is 2.54. The maximum absolute atomic E-state index is 12.8. The molecule has 1 aromatic rings. The van der Waals surface area contributed by atoms with E-state index in [0.29, 0.717) is 16.8 Å². The minimum absolute atomic E-state index is 0.0605. The minimum Gasteiger partial charge on any atom is -0.478 e. The van der Waals surface area contributed by atoms with Gasteiger partial charge in [-0.15, -0.1) is 0 Å². The number of piperidine rings is 1. The number of carboxylic acid groups (broad SMARTS) is 1. The normalized spacial score (nSPS) is 20.5. The van der Waals surface area contributed by atoms with E-state index in [0.717, 1.165) is 19.5 Å². The molecule has 23 heavy (non-hydrogen) atoms. The van der Waals surface area contributed by atoms with Crippen LogP contribution in [0, 0.1) is 12.3 Å². The molecular formula is C18H24N2O3. The molecule has 1 spiro atoms. The Morgan fingerprint density at radius 2 is 1.83 bits per heavy atom. The van der Waals surface area contributed by atoms with Gasteiger partial charge in [-0.05, 0) is 50.2 Å². The summed E-state index contributed by atoms with van der Waals surface area (Å²) in [5, 5.41) is 9.07. The number of aromatic nitrogens is 1. The van der Waals surface area contributed by atoms with Gasteiger partial charge in [0.15, 0.2) is 0 Å². The van der Waals surface area contributed by atoms with E-state index in [9.17, 15) is 9.59 Å². The molecule has 3 rings (SSSR count). The number of carbonyl (C=O) groups excluding carboxylic acids is 1. The minimum atomic E-state index is -1.01. The lowest BCUT2D eigenvalue weighted by molar-refractivity contribution is 0.0379. The van der Waals surface area contributed by atoms with Gasteiger partial charge in [-0.3, -0.25) is 4.79 Å². The van der Waals surface area contributed by atoms with Gasteiger partial charge in [0.25, 0.3) is 5.91 Å². The highest BCUT2D eigenvalue weighted by Crippen LogP contribution is 2.43. The van der Waals surface area contributed by atoms with Crippen molar-refractivity contribution in [2.75, 3.05) is 13.1 Å². The van der Waals surface area contributed by atoms with Crippen LogP contribution in [0.15, 0.2) is 12.1 Å². The molecule has 2 fully saturated rings. The molecule has 2 heterocycles. The quantitative estimate of drug-likeness (QED) is 0.909. The first-order valence-corrected chi connectivity index (χ1v) is 8.51. The van der Waals surface area contributed by atoms with Gasteiger partial charge in [-0.25, -0.2) is 9.78 Å². The van der Waals surface area contributed by atoms with Crippen LogP contribution in [-0.4, -0.2) is 40.0 Å². The molecule has 1 saturated carbocycles. The molecule has 1 aromatic heterocycles. The molecule has 2 aliphatic rings. The lowest BCUT2D eigenvalue weighted by Crippen LogP contribution is -2.47. The molecule has 5 heteroatoms. The van der Waals surface area contributed by atoms with Crippen molar-refractivity contribution >= 4 is 11.9 Å². The van der Waals surface area contributed by atoms with Crippen LogP contribution >= 0.6 is 0 Å². The van der Waals surface area contributed by atoms with E-state index in [-0.39, 0.29) is 11.5 Å². The van der Waals surface area contributed by atoms with Crippen molar-refractivity contribution in [2.24, 2.45) is 5.41 Å². The third-order valence-electron chi connectivity index (χ3n) is 5.40. The zero-order chi connectivity index (χ0) is 16.4. The summed E-state index contributed by atoms with van der Waals surface area (Å²) in [5.41, 5.74) is 1.22. The second kappa shape index (κ2) is 6.30. The van der Waals surface area contributed by atoms with Crippen LogP contribution in [0.1, 0.15) is 71.5 Å². The van der Waals surface area contributed by atoms with E-state index >= 15 is 0 Å². The molecule has 1 aliphatic carbocycles. The highest BCUT2D eigenvalue weighted by atomic mass is 16.4. The molecule has 1 saturated heterocycles. The molecular weight excluding hydrogens is 292 g/mol. The van der Waals surface area contributed by atoms with E-state index in [1.54, 1.807) is 13.0 Å². The van der Waals surface area contributed by atoms with E-state index in [2.05, 4.69) is 4.98 Å². The Balaban J connectivity index is 1.77. The molecule has 0 aromatic carbocycles. The number of carboxylic acids is 1. The summed E-state index contributed by atoms with van der Waals surface area (Å²) in [6, 6.07) is 3.03. The van der Waals surface area contributed by atoms with Gasteiger partial charge in [0, 0.05) is 13.1 Å². The van der Waals surface area contributed by atoms with Crippen LogP contribution in [0.3, 0.4) is 0 Å². The van der Waals surface area contributed by atoms with Crippen molar-refractivity contribution < 1.29 is 14.7 Å². The molecule has 0 radical (unpaired) electrons. The second-order valence-corrected chi connectivity index (χ2v) is 7.03. The van der Waals surface area contributed by atoms with Gasteiger partial charge in [0.1, 0.15) is 5.69 Å². The van der Waals surface area contributed by atoms with Crippen molar-refractivity contribution in [1.29, 1.82) is 0 Å². The van der Waals surface area contributed by atoms with Crippen LogP contribution in [0.5, 0.6) is 0 Å². The highest BCUT2D eigenvalue weighted by Gasteiger charge is 2.38. The van der Waals surface area contributed by atoms with Crippen molar-refractivity contribution in [3.8, 4) is 0 Å². The third kappa shape index (κ3) is 3.23. The Labute approximate surface area is 136 Å². The Morgan fingerprint density at radius 3 is 2.48 bits per heavy atom. The van der Waals surface area contributed by atoms with Crippen LogP contribution < -0.4 is 0 Å². The average molecular weight is 316 g/mol. The summed E-state index contributed by atoms with van der Waals surface area (Å²) in [5.74, 6) is -1.07. The Hall–Kier alpha value is -1.91. The Bertz CT molecular complexity index is 615. The first kappa shape index (κ1) is 16.0. The standard InChI is InChI=1S/C18H24N2O3/c1-13-14(17(22)23)6-7-15(19-13)16(21)20-11-5-10-18(12-20)8-3-2-4-9-18/h6-7H,2-5,8-12H2,1H3,(H,22,23). The van der Waals surface area contributed by atoms with Crippen LogP contribution in [0.25, 0.3) is 0 Å². The molecule has 1 N–H and O–H groups in total. The zero-order valence-electron chi connectivity index (χ0n) is 13.7. The fourth-order valence-corrected chi connectivity index (χ4v) is 4.16. The lowest BCUT2D eigenvalue weighted by atomic mass is 9.69. The largest absolute Gasteiger partial charge is 0.478 e. The Kier molecular flexibility index (Phi) is 4.37. The number of hydrogen-bond acceptors (Lipinski definition) is 3. The molecule has 0 unspecified atom stereocenters. The number of likely N-dealkylation sites (tertiary alicyclic amines) is 1. The van der Waals surface area contributed by atoms with E-state index in [1.807, 2.05) is 4.90 Å². The van der Waals surface area contributed by atoms with Gasteiger partial charge in [0.2, 0.25) is 0 Å². The van der Waals surface area contributed by atoms with Gasteiger partial charge in [-0.2, -0.15) is 0 Å². The summed E-state index contributed by atoms with van der Waals surface area (Å²) in [6.07, 6.45) is 8.58. The number of rotatable bonds is 2. The zero-order valence-corrected chi connectivity index (χ0v) is 13.7. The van der Waals surface area contributed by atoms with Gasteiger partial charge in [0.05, 0.1) is 11.3 Å². The predicted molar refractivity (Wildman–Crippen MR) is 86.6 cm³/mol. The first-order chi connectivity index (χ1) is 11.0. The summed E-state index contributed by atoms with van der Waals surface area (Å²) in [6.45, 7) is 3.24. The third-order valence-corrected chi connectivity index (χ3v) is 5.40. The Morgan fingerprint density at radius 1 is 1.13 bits per heavy atom. The van der Waals surface area contributed by atoms with E-state index in [1.165, 1.54) is 44.6 Å². The van der Waals surface area contributed by atoms with E-state index in [4.69, 9.17) is 5.11 Å². The van der Waals surface area contributed by atoms with Crippen LogP contribution in [0.4, 0.5) is 0 Å². The molecule has 0 bridgehead atoms.